The smallest absolute Gasteiger partial charge is 0.234 e. The van der Waals surface area contributed by atoms with E-state index in [1.165, 1.54) is 3.57 Å². The van der Waals surface area contributed by atoms with E-state index in [0.717, 1.165) is 47.3 Å². The van der Waals surface area contributed by atoms with Gasteiger partial charge >= 0.3 is 0 Å². The molecule has 3 aromatic rings. The summed E-state index contributed by atoms with van der Waals surface area (Å²) in [5.41, 5.74) is 1.15. The molecule has 3 heterocycles. The molecule has 2 aromatic heterocycles. The maximum Gasteiger partial charge on any atom is 0.234 e. The second-order valence-electron chi connectivity index (χ2n) is 5.75. The van der Waals surface area contributed by atoms with Crippen LogP contribution in [0.2, 0.25) is 0 Å². The summed E-state index contributed by atoms with van der Waals surface area (Å²) in [5.74, 6) is 1.49. The molecular weight excluding hydrogens is 409 g/mol. The van der Waals surface area contributed by atoms with E-state index >= 15 is 0 Å². The van der Waals surface area contributed by atoms with Crippen molar-refractivity contribution >= 4 is 38.9 Å². The van der Waals surface area contributed by atoms with Gasteiger partial charge in [-0.05, 0) is 67.7 Å². The number of aromatic nitrogens is 4. The van der Waals surface area contributed by atoms with Crippen molar-refractivity contribution in [3.05, 3.63) is 33.7 Å². The second kappa shape index (κ2) is 5.86. The van der Waals surface area contributed by atoms with Crippen LogP contribution in [0.5, 0.6) is 0 Å². The van der Waals surface area contributed by atoms with Gasteiger partial charge in [-0.15, -0.1) is 10.2 Å². The maximum atomic E-state index is 4.77. The Labute approximate surface area is 146 Å². The van der Waals surface area contributed by atoms with E-state index in [0.29, 0.717) is 5.92 Å². The minimum Gasteiger partial charge on any atom is -0.306 e. The average molecular weight is 425 g/mol. The van der Waals surface area contributed by atoms with Crippen LogP contribution in [0.15, 0.2) is 24.3 Å². The van der Waals surface area contributed by atoms with E-state index < -0.39 is 0 Å². The molecule has 1 saturated heterocycles. The van der Waals surface area contributed by atoms with Crippen LogP contribution in [-0.2, 0) is 0 Å². The van der Waals surface area contributed by atoms with Crippen molar-refractivity contribution in [2.24, 2.45) is 0 Å². The number of halogens is 1. The topological polar surface area (TPSA) is 46.3 Å². The fourth-order valence-electron chi connectivity index (χ4n) is 2.89. The molecule has 114 valence electrons. The Bertz CT molecular complexity index is 803. The zero-order valence-electron chi connectivity index (χ0n) is 12.2. The van der Waals surface area contributed by atoms with Crippen molar-refractivity contribution in [1.29, 1.82) is 0 Å². The van der Waals surface area contributed by atoms with E-state index in [-0.39, 0.29) is 0 Å². The predicted octanol–water partition coefficient (Wildman–Crippen LogP) is 3.27. The van der Waals surface area contributed by atoms with Gasteiger partial charge in [0.1, 0.15) is 5.01 Å². The molecule has 0 N–H and O–H groups in total. The number of hydrogen-bond acceptors (Lipinski definition) is 5. The van der Waals surface area contributed by atoms with Crippen LogP contribution in [0.1, 0.15) is 24.6 Å². The van der Waals surface area contributed by atoms with Gasteiger partial charge in [-0.3, -0.25) is 0 Å². The van der Waals surface area contributed by atoms with Gasteiger partial charge in [0, 0.05) is 15.1 Å². The molecule has 0 aliphatic carbocycles. The van der Waals surface area contributed by atoms with Crippen LogP contribution in [0.3, 0.4) is 0 Å². The summed E-state index contributed by atoms with van der Waals surface area (Å²) in [6, 6.07) is 8.41. The molecule has 7 heteroatoms. The van der Waals surface area contributed by atoms with Gasteiger partial charge in [-0.25, -0.2) is 0 Å². The van der Waals surface area contributed by atoms with E-state index in [1.807, 2.05) is 4.52 Å². The van der Waals surface area contributed by atoms with Gasteiger partial charge in [0.2, 0.25) is 4.96 Å². The van der Waals surface area contributed by atoms with Crippen LogP contribution in [0, 0.1) is 3.57 Å². The highest BCUT2D eigenvalue weighted by atomic mass is 127. The van der Waals surface area contributed by atoms with Gasteiger partial charge < -0.3 is 4.90 Å². The monoisotopic (exact) mass is 425 g/mol. The highest BCUT2D eigenvalue weighted by Gasteiger charge is 2.24. The van der Waals surface area contributed by atoms with Crippen LogP contribution in [-0.4, -0.2) is 44.8 Å². The summed E-state index contributed by atoms with van der Waals surface area (Å²) in [4.78, 5) is 3.26. The molecule has 22 heavy (non-hydrogen) atoms. The first kappa shape index (κ1) is 14.5. The SMILES string of the molecule is CN1CCC(c2nnc3sc(-c4cccc(I)c4)nn23)CC1. The van der Waals surface area contributed by atoms with Gasteiger partial charge in [-0.2, -0.15) is 9.61 Å². The number of benzene rings is 1. The Hall–Kier alpha value is -1.06. The van der Waals surface area contributed by atoms with Crippen molar-refractivity contribution in [3.63, 3.8) is 0 Å². The Morgan fingerprint density at radius 2 is 2.05 bits per heavy atom. The summed E-state index contributed by atoms with van der Waals surface area (Å²) in [5, 5.41) is 14.5. The molecule has 1 fully saturated rings. The quantitative estimate of drug-likeness (QED) is 0.592. The Morgan fingerprint density at radius 1 is 1.23 bits per heavy atom. The highest BCUT2D eigenvalue weighted by molar-refractivity contribution is 14.1. The molecule has 1 aromatic carbocycles. The molecule has 5 nitrogen and oxygen atoms in total. The number of rotatable bonds is 2. The van der Waals surface area contributed by atoms with Crippen molar-refractivity contribution in [3.8, 4) is 10.6 Å². The van der Waals surface area contributed by atoms with Crippen molar-refractivity contribution in [2.75, 3.05) is 20.1 Å². The van der Waals surface area contributed by atoms with Crippen molar-refractivity contribution < 1.29 is 0 Å². The Morgan fingerprint density at radius 3 is 2.82 bits per heavy atom. The van der Waals surface area contributed by atoms with E-state index in [1.54, 1.807) is 11.3 Å². The van der Waals surface area contributed by atoms with E-state index in [9.17, 15) is 0 Å². The van der Waals surface area contributed by atoms with Gasteiger partial charge in [0.05, 0.1) is 0 Å². The summed E-state index contributed by atoms with van der Waals surface area (Å²) >= 11 is 3.94. The minimum absolute atomic E-state index is 0.469. The minimum atomic E-state index is 0.469. The third-order valence-corrected chi connectivity index (χ3v) is 5.79. The summed E-state index contributed by atoms with van der Waals surface area (Å²) < 4.78 is 3.17. The fraction of sp³-hybridized carbons (Fsp3) is 0.400. The molecule has 1 aliphatic rings. The van der Waals surface area contributed by atoms with Crippen molar-refractivity contribution in [2.45, 2.75) is 18.8 Å². The molecule has 0 saturated carbocycles. The van der Waals surface area contributed by atoms with Crippen LogP contribution in [0.4, 0.5) is 0 Å². The summed E-state index contributed by atoms with van der Waals surface area (Å²) in [7, 11) is 2.17. The Balaban J connectivity index is 1.70. The summed E-state index contributed by atoms with van der Waals surface area (Å²) in [6.45, 7) is 2.24. The number of fused-ring (bicyclic) bond motifs is 1. The third-order valence-electron chi connectivity index (χ3n) is 4.17. The zero-order chi connectivity index (χ0) is 15.1. The zero-order valence-corrected chi connectivity index (χ0v) is 15.2. The molecule has 0 unspecified atom stereocenters. The lowest BCUT2D eigenvalue weighted by Crippen LogP contribution is -2.30. The standard InChI is InChI=1S/C15H16IN5S/c1-20-7-5-10(6-8-20)13-17-18-15-21(13)19-14(22-15)11-3-2-4-12(16)9-11/h2-4,9-10H,5-8H2,1H3. The lowest BCUT2D eigenvalue weighted by Gasteiger charge is -2.27. The van der Waals surface area contributed by atoms with Crippen LogP contribution >= 0.6 is 33.9 Å². The lowest BCUT2D eigenvalue weighted by atomic mass is 9.96. The molecule has 0 radical (unpaired) electrons. The molecule has 0 spiro atoms. The first-order valence-electron chi connectivity index (χ1n) is 7.37. The second-order valence-corrected chi connectivity index (χ2v) is 7.95. The molecule has 0 amide bonds. The maximum absolute atomic E-state index is 4.77. The number of nitrogens with zero attached hydrogens (tertiary/aromatic N) is 5. The van der Waals surface area contributed by atoms with Crippen LogP contribution < -0.4 is 0 Å². The van der Waals surface area contributed by atoms with Gasteiger partial charge in [0.15, 0.2) is 5.82 Å². The van der Waals surface area contributed by atoms with E-state index in [2.05, 4.69) is 69.0 Å². The molecule has 1 aliphatic heterocycles. The predicted molar refractivity (Wildman–Crippen MR) is 96.3 cm³/mol. The third kappa shape index (κ3) is 2.65. The van der Waals surface area contributed by atoms with Crippen LogP contribution in [0.25, 0.3) is 15.5 Å². The number of piperidine rings is 1. The molecule has 0 bridgehead atoms. The van der Waals surface area contributed by atoms with E-state index in [4.69, 9.17) is 5.10 Å². The normalized spacial score (nSPS) is 17.4. The van der Waals surface area contributed by atoms with Crippen molar-refractivity contribution in [1.82, 2.24) is 24.7 Å². The van der Waals surface area contributed by atoms with Gasteiger partial charge in [-0.1, -0.05) is 23.5 Å². The molecular formula is C15H16IN5S. The Kier molecular flexibility index (Phi) is 3.87. The first-order valence-corrected chi connectivity index (χ1v) is 9.27. The first-order chi connectivity index (χ1) is 10.7. The fourth-order valence-corrected chi connectivity index (χ4v) is 4.28. The highest BCUT2D eigenvalue weighted by Crippen LogP contribution is 2.30. The molecule has 4 rings (SSSR count). The lowest BCUT2D eigenvalue weighted by molar-refractivity contribution is 0.250. The average Bonchev–Trinajstić information content (AvgIpc) is 3.08. The number of likely N-dealkylation sites (tertiary alicyclic amines) is 1. The van der Waals surface area contributed by atoms with Gasteiger partial charge in [0.25, 0.3) is 0 Å². The molecule has 0 atom stereocenters. The largest absolute Gasteiger partial charge is 0.306 e. The number of hydrogen-bond donors (Lipinski definition) is 0. The summed E-state index contributed by atoms with van der Waals surface area (Å²) in [6.07, 6.45) is 2.26.